The zero-order valence-electron chi connectivity index (χ0n) is 15.9. The van der Waals surface area contributed by atoms with E-state index >= 15 is 0 Å². The Kier molecular flexibility index (Phi) is 5.65. The molecular formula is C27H24Si. The van der Waals surface area contributed by atoms with Gasteiger partial charge in [0.25, 0.3) is 0 Å². The van der Waals surface area contributed by atoms with Crippen LogP contribution in [0.2, 0.25) is 6.04 Å². The Balaban J connectivity index is 1.87. The molecule has 0 unspecified atom stereocenters. The minimum absolute atomic E-state index is 1.03. The van der Waals surface area contributed by atoms with Gasteiger partial charge in [0.15, 0.2) is 8.07 Å². The van der Waals surface area contributed by atoms with Crippen molar-refractivity contribution in [1.29, 1.82) is 0 Å². The van der Waals surface area contributed by atoms with Crippen molar-refractivity contribution in [3.63, 3.8) is 0 Å². The fourth-order valence-electron chi connectivity index (χ4n) is 3.96. The van der Waals surface area contributed by atoms with Crippen molar-refractivity contribution in [2.75, 3.05) is 0 Å². The van der Waals surface area contributed by atoms with Gasteiger partial charge in [0.2, 0.25) is 0 Å². The van der Waals surface area contributed by atoms with Crippen LogP contribution in [0.5, 0.6) is 0 Å². The van der Waals surface area contributed by atoms with E-state index < -0.39 is 8.07 Å². The molecule has 0 radical (unpaired) electrons. The summed E-state index contributed by atoms with van der Waals surface area (Å²) in [4.78, 5) is 0. The molecule has 0 bridgehead atoms. The molecule has 0 saturated heterocycles. The van der Waals surface area contributed by atoms with E-state index in [1.807, 2.05) is 0 Å². The summed E-state index contributed by atoms with van der Waals surface area (Å²) in [5.41, 5.74) is 1.25. The fraction of sp³-hybridized carbons (Fsp3) is 0.0370. The Hall–Kier alpha value is -3.16. The molecule has 4 aromatic rings. The summed E-state index contributed by atoms with van der Waals surface area (Å²) in [6.45, 7) is 0. The molecule has 0 aliphatic carbocycles. The lowest BCUT2D eigenvalue weighted by atomic mass is 10.2. The summed E-state index contributed by atoms with van der Waals surface area (Å²) in [6.07, 6.45) is 4.63. The molecule has 136 valence electrons. The molecule has 0 nitrogen and oxygen atoms in total. The summed E-state index contributed by atoms with van der Waals surface area (Å²) in [5, 5.41) is 4.35. The molecular weight excluding hydrogens is 352 g/mol. The van der Waals surface area contributed by atoms with Crippen LogP contribution in [0.15, 0.2) is 127 Å². The minimum atomic E-state index is -2.16. The van der Waals surface area contributed by atoms with Crippen LogP contribution in [0.1, 0.15) is 5.56 Å². The zero-order valence-corrected chi connectivity index (χ0v) is 16.9. The van der Waals surface area contributed by atoms with E-state index in [1.165, 1.54) is 21.1 Å². The number of hydrogen-bond donors (Lipinski definition) is 0. The normalized spacial score (nSPS) is 11.6. The van der Waals surface area contributed by atoms with E-state index in [-0.39, 0.29) is 0 Å². The smallest absolute Gasteiger partial charge is 0.0856 e. The van der Waals surface area contributed by atoms with E-state index in [9.17, 15) is 0 Å². The van der Waals surface area contributed by atoms with E-state index in [4.69, 9.17) is 0 Å². The monoisotopic (exact) mass is 376 g/mol. The fourth-order valence-corrected chi connectivity index (χ4v) is 8.42. The maximum absolute atomic E-state index is 2.37. The Morgan fingerprint density at radius 1 is 0.464 bits per heavy atom. The van der Waals surface area contributed by atoms with Crippen molar-refractivity contribution in [2.24, 2.45) is 0 Å². The topological polar surface area (TPSA) is 0 Å². The lowest BCUT2D eigenvalue weighted by Crippen LogP contribution is -2.66. The van der Waals surface area contributed by atoms with Gasteiger partial charge in [0.05, 0.1) is 0 Å². The average Bonchev–Trinajstić information content (AvgIpc) is 2.79. The van der Waals surface area contributed by atoms with E-state index in [2.05, 4.69) is 133 Å². The summed E-state index contributed by atoms with van der Waals surface area (Å²) in [7, 11) is -2.16. The molecule has 0 N–H and O–H groups in total. The van der Waals surface area contributed by atoms with Crippen LogP contribution in [-0.2, 0) is 0 Å². The van der Waals surface area contributed by atoms with E-state index in [0.29, 0.717) is 0 Å². The van der Waals surface area contributed by atoms with Gasteiger partial charge < -0.3 is 0 Å². The van der Waals surface area contributed by atoms with Gasteiger partial charge in [-0.25, -0.2) is 0 Å². The van der Waals surface area contributed by atoms with Crippen LogP contribution >= 0.6 is 0 Å². The van der Waals surface area contributed by atoms with Gasteiger partial charge >= 0.3 is 0 Å². The first-order chi connectivity index (χ1) is 13.9. The van der Waals surface area contributed by atoms with Gasteiger partial charge in [-0.2, -0.15) is 0 Å². The van der Waals surface area contributed by atoms with Gasteiger partial charge in [-0.05, 0) is 27.2 Å². The third-order valence-electron chi connectivity index (χ3n) is 5.33. The lowest BCUT2D eigenvalue weighted by molar-refractivity contribution is 1.56. The molecule has 0 fully saturated rings. The SMILES string of the molecule is C(=C\c1ccccc1)/C[Si](c1ccccc1)(c1ccccc1)c1ccccc1. The molecule has 0 atom stereocenters. The molecule has 0 heterocycles. The Labute approximate surface area is 168 Å². The molecule has 0 saturated carbocycles. The molecule has 0 aliphatic heterocycles. The number of benzene rings is 4. The van der Waals surface area contributed by atoms with Gasteiger partial charge in [-0.3, -0.25) is 0 Å². The van der Waals surface area contributed by atoms with Crippen molar-refractivity contribution in [3.05, 3.63) is 133 Å². The predicted molar refractivity (Wildman–Crippen MR) is 124 cm³/mol. The number of hydrogen-bond acceptors (Lipinski definition) is 0. The highest BCUT2D eigenvalue weighted by atomic mass is 28.3. The standard InChI is InChI=1S/C27H24Si/c1-5-14-24(15-6-1)16-13-23-28(25-17-7-2-8-18-25,26-19-9-3-10-20-26)27-21-11-4-12-22-27/h1-22H,23H2/b16-13+. The maximum atomic E-state index is 2.37. The van der Waals surface area contributed by atoms with E-state index in [0.717, 1.165) is 6.04 Å². The average molecular weight is 377 g/mol. The molecule has 0 aromatic heterocycles. The highest BCUT2D eigenvalue weighted by molar-refractivity contribution is 7.11. The number of allylic oxidation sites excluding steroid dienone is 1. The van der Waals surface area contributed by atoms with Crippen LogP contribution in [0, 0.1) is 0 Å². The molecule has 1 heteroatoms. The Bertz CT molecular complexity index is 910. The first kappa shape index (κ1) is 18.2. The van der Waals surface area contributed by atoms with Crippen LogP contribution in [0.3, 0.4) is 0 Å². The molecule has 0 amide bonds. The highest BCUT2D eigenvalue weighted by Gasteiger charge is 2.37. The second-order valence-corrected chi connectivity index (χ2v) is 11.0. The van der Waals surface area contributed by atoms with Crippen LogP contribution in [0.25, 0.3) is 6.08 Å². The third-order valence-corrected chi connectivity index (χ3v) is 10.1. The van der Waals surface area contributed by atoms with Crippen molar-refractivity contribution >= 4 is 29.7 Å². The first-order valence-electron chi connectivity index (χ1n) is 9.78. The maximum Gasteiger partial charge on any atom is 0.151 e. The van der Waals surface area contributed by atoms with Crippen molar-refractivity contribution in [2.45, 2.75) is 6.04 Å². The number of rotatable bonds is 6. The first-order valence-corrected chi connectivity index (χ1v) is 12.0. The van der Waals surface area contributed by atoms with Crippen molar-refractivity contribution in [1.82, 2.24) is 0 Å². The van der Waals surface area contributed by atoms with Gasteiger partial charge in [0.1, 0.15) is 0 Å². The van der Waals surface area contributed by atoms with Crippen molar-refractivity contribution in [3.8, 4) is 0 Å². The predicted octanol–water partition coefficient (Wildman–Crippen LogP) is 4.87. The Morgan fingerprint density at radius 2 is 0.821 bits per heavy atom. The van der Waals surface area contributed by atoms with Gasteiger partial charge in [-0.15, -0.1) is 0 Å². The van der Waals surface area contributed by atoms with Crippen LogP contribution < -0.4 is 15.6 Å². The minimum Gasteiger partial charge on any atom is -0.0856 e. The van der Waals surface area contributed by atoms with E-state index in [1.54, 1.807) is 0 Å². The highest BCUT2D eigenvalue weighted by Crippen LogP contribution is 2.15. The second kappa shape index (κ2) is 8.68. The summed E-state index contributed by atoms with van der Waals surface area (Å²) >= 11 is 0. The van der Waals surface area contributed by atoms with Crippen LogP contribution in [0.4, 0.5) is 0 Å². The summed E-state index contributed by atoms with van der Waals surface area (Å²) in [5.74, 6) is 0. The molecule has 4 rings (SSSR count). The largest absolute Gasteiger partial charge is 0.151 e. The molecule has 0 aliphatic rings. The third kappa shape index (κ3) is 3.76. The molecule has 0 spiro atoms. The molecule has 28 heavy (non-hydrogen) atoms. The molecule has 4 aromatic carbocycles. The Morgan fingerprint density at radius 3 is 1.21 bits per heavy atom. The van der Waals surface area contributed by atoms with Crippen molar-refractivity contribution < 1.29 is 0 Å². The summed E-state index contributed by atoms with van der Waals surface area (Å²) < 4.78 is 0. The van der Waals surface area contributed by atoms with Gasteiger partial charge in [-0.1, -0.05) is 133 Å². The zero-order chi connectivity index (χ0) is 19.1. The quantitative estimate of drug-likeness (QED) is 0.333. The van der Waals surface area contributed by atoms with Gasteiger partial charge in [0, 0.05) is 0 Å². The van der Waals surface area contributed by atoms with Crippen LogP contribution in [-0.4, -0.2) is 8.07 Å². The summed E-state index contributed by atoms with van der Waals surface area (Å²) in [6, 6.07) is 44.8. The second-order valence-electron chi connectivity index (χ2n) is 7.02. The lowest BCUT2D eigenvalue weighted by Gasteiger charge is -2.33.